The van der Waals surface area contributed by atoms with E-state index >= 15 is 0 Å². The number of halogens is 1. The fourth-order valence-electron chi connectivity index (χ4n) is 2.70. The third-order valence-corrected chi connectivity index (χ3v) is 4.60. The molecule has 0 aliphatic heterocycles. The fourth-order valence-corrected chi connectivity index (χ4v) is 2.93. The van der Waals surface area contributed by atoms with E-state index in [0.717, 1.165) is 11.4 Å². The SMILES string of the molecule is CC(C)Oc1nc(-[n+]2ccc(N(C)C)cc2)nc(-[n+]2ccc(N(C)C)cc2)c1Cl. The average molecular weight is 415 g/mol. The zero-order chi connectivity index (χ0) is 21.1. The molecule has 0 saturated carbocycles. The Balaban J connectivity index is 2.10. The lowest BCUT2D eigenvalue weighted by atomic mass is 10.3. The molecule has 0 N–H and O–H groups in total. The molecule has 3 heterocycles. The third kappa shape index (κ3) is 4.74. The summed E-state index contributed by atoms with van der Waals surface area (Å²) in [5.74, 6) is 1.39. The molecule has 0 aliphatic rings. The molecular formula is C21H27ClN6O+2. The molecule has 0 atom stereocenters. The van der Waals surface area contributed by atoms with Crippen molar-refractivity contribution in [2.75, 3.05) is 38.0 Å². The lowest BCUT2D eigenvalue weighted by Crippen LogP contribution is -2.37. The summed E-state index contributed by atoms with van der Waals surface area (Å²) in [6, 6.07) is 8.00. The summed E-state index contributed by atoms with van der Waals surface area (Å²) >= 11 is 6.62. The van der Waals surface area contributed by atoms with Crippen LogP contribution in [0.4, 0.5) is 11.4 Å². The van der Waals surface area contributed by atoms with Crippen molar-refractivity contribution >= 4 is 23.0 Å². The Bertz CT molecular complexity index is 972. The van der Waals surface area contributed by atoms with Crippen LogP contribution in [0.5, 0.6) is 5.88 Å². The average Bonchev–Trinajstić information content (AvgIpc) is 2.69. The Morgan fingerprint density at radius 1 is 0.828 bits per heavy atom. The van der Waals surface area contributed by atoms with E-state index in [4.69, 9.17) is 21.3 Å². The van der Waals surface area contributed by atoms with Gasteiger partial charge in [0, 0.05) is 56.7 Å². The lowest BCUT2D eigenvalue weighted by molar-refractivity contribution is -0.614. The zero-order valence-corrected chi connectivity index (χ0v) is 18.4. The number of aromatic nitrogens is 4. The highest BCUT2D eigenvalue weighted by Crippen LogP contribution is 2.26. The van der Waals surface area contributed by atoms with Gasteiger partial charge in [-0.25, -0.2) is 4.57 Å². The highest BCUT2D eigenvalue weighted by molar-refractivity contribution is 6.33. The Hall–Kier alpha value is -2.93. The Kier molecular flexibility index (Phi) is 6.17. The number of rotatable bonds is 6. The highest BCUT2D eigenvalue weighted by Gasteiger charge is 2.29. The monoisotopic (exact) mass is 414 g/mol. The van der Waals surface area contributed by atoms with Gasteiger partial charge in [-0.2, -0.15) is 4.57 Å². The molecule has 0 amide bonds. The van der Waals surface area contributed by atoms with E-state index in [1.807, 2.05) is 110 Å². The summed E-state index contributed by atoms with van der Waals surface area (Å²) in [6.07, 6.45) is 7.62. The van der Waals surface area contributed by atoms with Crippen LogP contribution in [0.1, 0.15) is 13.8 Å². The van der Waals surface area contributed by atoms with Crippen molar-refractivity contribution in [3.63, 3.8) is 0 Å². The van der Waals surface area contributed by atoms with Crippen molar-refractivity contribution in [1.29, 1.82) is 0 Å². The molecule has 0 saturated heterocycles. The molecule has 0 fully saturated rings. The zero-order valence-electron chi connectivity index (χ0n) is 17.7. The van der Waals surface area contributed by atoms with E-state index in [-0.39, 0.29) is 6.10 Å². The molecular weight excluding hydrogens is 388 g/mol. The van der Waals surface area contributed by atoms with Gasteiger partial charge in [0.2, 0.25) is 5.02 Å². The minimum absolute atomic E-state index is 0.0645. The molecule has 0 unspecified atom stereocenters. The fraction of sp³-hybridized carbons (Fsp3) is 0.333. The number of hydrogen-bond donors (Lipinski definition) is 0. The summed E-state index contributed by atoms with van der Waals surface area (Å²) < 4.78 is 9.57. The predicted molar refractivity (Wildman–Crippen MR) is 115 cm³/mol. The van der Waals surface area contributed by atoms with Crippen LogP contribution < -0.4 is 23.7 Å². The van der Waals surface area contributed by atoms with E-state index in [1.165, 1.54) is 0 Å². The molecule has 29 heavy (non-hydrogen) atoms. The Morgan fingerprint density at radius 3 is 1.76 bits per heavy atom. The number of hydrogen-bond acceptors (Lipinski definition) is 5. The van der Waals surface area contributed by atoms with Crippen LogP contribution in [0.25, 0.3) is 11.8 Å². The van der Waals surface area contributed by atoms with Crippen LogP contribution in [0, 0.1) is 0 Å². The number of pyridine rings is 2. The van der Waals surface area contributed by atoms with Crippen LogP contribution in [0.3, 0.4) is 0 Å². The van der Waals surface area contributed by atoms with Gasteiger partial charge in [0.25, 0.3) is 0 Å². The first-order valence-electron chi connectivity index (χ1n) is 9.38. The van der Waals surface area contributed by atoms with Gasteiger partial charge in [-0.3, -0.25) is 0 Å². The van der Waals surface area contributed by atoms with E-state index in [2.05, 4.69) is 4.98 Å². The highest BCUT2D eigenvalue weighted by atomic mass is 35.5. The third-order valence-electron chi connectivity index (χ3n) is 4.27. The molecule has 0 radical (unpaired) electrons. The van der Waals surface area contributed by atoms with Gasteiger partial charge in [0.15, 0.2) is 0 Å². The molecule has 0 aliphatic carbocycles. The maximum atomic E-state index is 6.62. The second-order valence-corrected chi connectivity index (χ2v) is 7.73. The molecule has 8 heteroatoms. The maximum Gasteiger partial charge on any atom is 0.481 e. The van der Waals surface area contributed by atoms with Crippen molar-refractivity contribution in [2.45, 2.75) is 20.0 Å². The minimum atomic E-state index is -0.0645. The molecule has 3 aromatic heterocycles. The summed E-state index contributed by atoms with van der Waals surface area (Å²) in [5.41, 5.74) is 2.17. The quantitative estimate of drug-likeness (QED) is 0.580. The largest absolute Gasteiger partial charge is 0.481 e. The van der Waals surface area contributed by atoms with Gasteiger partial charge in [0.1, 0.15) is 0 Å². The van der Waals surface area contributed by atoms with Gasteiger partial charge >= 0.3 is 17.6 Å². The summed E-state index contributed by atoms with van der Waals surface area (Å²) in [7, 11) is 7.99. The first-order valence-corrected chi connectivity index (χ1v) is 9.76. The first kappa shape index (κ1) is 20.8. The normalized spacial score (nSPS) is 10.9. The van der Waals surface area contributed by atoms with Gasteiger partial charge in [-0.1, -0.05) is 11.6 Å². The van der Waals surface area contributed by atoms with Crippen molar-refractivity contribution in [1.82, 2.24) is 9.97 Å². The second kappa shape index (κ2) is 8.61. The topological polar surface area (TPSA) is 49.3 Å². The molecule has 0 bridgehead atoms. The van der Waals surface area contributed by atoms with Gasteiger partial charge < -0.3 is 14.5 Å². The Labute approximate surface area is 176 Å². The summed E-state index contributed by atoms with van der Waals surface area (Å²) in [6.45, 7) is 3.88. The van der Waals surface area contributed by atoms with Crippen LogP contribution >= 0.6 is 11.6 Å². The van der Waals surface area contributed by atoms with Crippen molar-refractivity contribution in [2.24, 2.45) is 0 Å². The van der Waals surface area contributed by atoms with Crippen molar-refractivity contribution in [3.8, 4) is 17.6 Å². The first-order chi connectivity index (χ1) is 13.8. The van der Waals surface area contributed by atoms with Crippen molar-refractivity contribution in [3.05, 3.63) is 54.1 Å². The van der Waals surface area contributed by atoms with Crippen LogP contribution in [-0.2, 0) is 0 Å². The van der Waals surface area contributed by atoms with Gasteiger partial charge in [-0.15, -0.1) is 0 Å². The summed E-state index contributed by atoms with van der Waals surface area (Å²) in [4.78, 5) is 13.3. The van der Waals surface area contributed by atoms with E-state index < -0.39 is 0 Å². The molecule has 0 spiro atoms. The maximum absolute atomic E-state index is 6.62. The minimum Gasteiger partial charge on any atom is -0.462 e. The molecule has 3 rings (SSSR count). The molecule has 152 valence electrons. The van der Waals surface area contributed by atoms with E-state index in [1.54, 1.807) is 0 Å². The van der Waals surface area contributed by atoms with Crippen LogP contribution in [0.15, 0.2) is 49.1 Å². The molecule has 3 aromatic rings. The number of anilines is 2. The van der Waals surface area contributed by atoms with Crippen LogP contribution in [-0.4, -0.2) is 44.3 Å². The van der Waals surface area contributed by atoms with E-state index in [9.17, 15) is 0 Å². The van der Waals surface area contributed by atoms with Gasteiger partial charge in [0.05, 0.1) is 30.9 Å². The lowest BCUT2D eigenvalue weighted by Gasteiger charge is -2.12. The van der Waals surface area contributed by atoms with Crippen molar-refractivity contribution < 1.29 is 13.9 Å². The van der Waals surface area contributed by atoms with E-state index in [0.29, 0.717) is 22.7 Å². The Morgan fingerprint density at radius 2 is 1.31 bits per heavy atom. The molecule has 0 aromatic carbocycles. The smallest absolute Gasteiger partial charge is 0.462 e. The number of ether oxygens (including phenoxy) is 1. The summed E-state index contributed by atoms with van der Waals surface area (Å²) in [5, 5.41) is 0.371. The number of nitrogens with zero attached hydrogens (tertiary/aromatic N) is 6. The predicted octanol–water partition coefficient (Wildman–Crippen LogP) is 2.60. The van der Waals surface area contributed by atoms with Gasteiger partial charge in [-0.05, 0) is 31.0 Å². The second-order valence-electron chi connectivity index (χ2n) is 7.35. The standard InChI is InChI=1S/C21H27ClN6O/c1-15(2)29-20-18(22)19(27-11-7-16(8-12-27)25(3)4)23-21(24-20)28-13-9-17(10-14-28)26(5)6/h7-15H,1-6H3/q+2. The molecule has 7 nitrogen and oxygen atoms in total. The van der Waals surface area contributed by atoms with Crippen LogP contribution in [0.2, 0.25) is 5.02 Å².